The molecule has 216 valence electrons. The van der Waals surface area contributed by atoms with Gasteiger partial charge in [-0.25, -0.2) is 4.98 Å². The minimum Gasteiger partial charge on any atom is -0.493 e. The highest BCUT2D eigenvalue weighted by Gasteiger charge is 2.12. The standard InChI is InChI=1S/C10H11N.C9H10N2.C9H10O.C8H10N2/c1-8-7-11(2)10-6-4-3-5-9(8)10;1-7-8-5-3-4-6-9(8)11(2)10-7;1-7-3-2-4-9-8(7)5-6-10-9;1-6-7(2)10-5-3-4-8(10)9-6/h3-7H,1-2H3;3-6H,1-2H3;2-4H,5-6H2,1H3;3,5H,4H2,1-2H3. The lowest BCUT2D eigenvalue weighted by molar-refractivity contribution is 0.357. The molecule has 0 saturated carbocycles. The monoisotopic (exact) mass is 559 g/mol. The third-order valence-electron chi connectivity index (χ3n) is 8.03. The Bertz CT molecular complexity index is 1720. The maximum atomic E-state index is 5.38. The highest BCUT2D eigenvalue weighted by atomic mass is 16.5. The molecule has 2 aliphatic rings. The molecule has 0 bridgehead atoms. The summed E-state index contributed by atoms with van der Waals surface area (Å²) in [6.45, 7) is 11.3. The summed E-state index contributed by atoms with van der Waals surface area (Å²) in [6, 6.07) is 22.9. The molecule has 5 heterocycles. The second-order valence-corrected chi connectivity index (χ2v) is 11.0. The number of ether oxygens (including phenoxy) is 1. The summed E-state index contributed by atoms with van der Waals surface area (Å²) in [4.78, 5) is 4.39. The predicted octanol–water partition coefficient (Wildman–Crippen LogP) is 7.83. The van der Waals surface area contributed by atoms with E-state index in [0.717, 1.165) is 36.6 Å². The Morgan fingerprint density at radius 2 is 1.45 bits per heavy atom. The van der Waals surface area contributed by atoms with E-state index in [9.17, 15) is 0 Å². The number of nitrogens with zero attached hydrogens (tertiary/aromatic N) is 5. The largest absolute Gasteiger partial charge is 0.493 e. The van der Waals surface area contributed by atoms with Gasteiger partial charge in [-0.3, -0.25) is 4.68 Å². The first-order chi connectivity index (χ1) is 20.2. The summed E-state index contributed by atoms with van der Waals surface area (Å²) in [6.07, 6.45) is 8.46. The maximum absolute atomic E-state index is 5.38. The molecule has 0 radical (unpaired) electrons. The molecule has 0 spiro atoms. The normalized spacial score (nSPS) is 12.5. The molecule has 0 aliphatic carbocycles. The molecule has 0 N–H and O–H groups in total. The topological polar surface area (TPSA) is 49.8 Å². The molecule has 3 aromatic heterocycles. The number of imidazole rings is 1. The van der Waals surface area contributed by atoms with Crippen LogP contribution in [0.4, 0.5) is 0 Å². The SMILES string of the molecule is Cc1cccc2c1CCO2.Cc1cn(C)c2ccccc12.Cc1nc2n(c1C)C=CC2.Cc1nn(C)c2ccccc12. The van der Waals surface area contributed by atoms with Crippen LogP contribution in [0.2, 0.25) is 0 Å². The quantitative estimate of drug-likeness (QED) is 0.191. The molecule has 0 atom stereocenters. The summed E-state index contributed by atoms with van der Waals surface area (Å²) in [7, 11) is 4.05. The van der Waals surface area contributed by atoms with Gasteiger partial charge in [-0.1, -0.05) is 54.6 Å². The van der Waals surface area contributed by atoms with Crippen LogP contribution in [0.3, 0.4) is 0 Å². The summed E-state index contributed by atoms with van der Waals surface area (Å²) in [5.41, 5.74) is 10.1. The average molecular weight is 560 g/mol. The van der Waals surface area contributed by atoms with Gasteiger partial charge in [-0.05, 0) is 63.9 Å². The minimum atomic E-state index is 0.861. The Balaban J connectivity index is 0.000000112. The minimum absolute atomic E-state index is 0.861. The summed E-state index contributed by atoms with van der Waals surface area (Å²) in [5.74, 6) is 2.26. The molecule has 6 nitrogen and oxygen atoms in total. The van der Waals surface area contributed by atoms with Crippen molar-refractivity contribution in [3.63, 3.8) is 0 Å². The number of benzene rings is 3. The molecule has 6 aromatic rings. The number of rotatable bonds is 0. The van der Waals surface area contributed by atoms with Crippen molar-refractivity contribution in [3.05, 3.63) is 119 Å². The fourth-order valence-corrected chi connectivity index (χ4v) is 5.63. The fraction of sp³-hybridized carbons (Fsp3) is 0.278. The van der Waals surface area contributed by atoms with Crippen LogP contribution in [0.1, 0.15) is 39.6 Å². The van der Waals surface area contributed by atoms with E-state index in [-0.39, 0.29) is 0 Å². The number of fused-ring (bicyclic) bond motifs is 4. The number of allylic oxidation sites excluding steroid dienone is 1. The van der Waals surface area contributed by atoms with Crippen LogP contribution < -0.4 is 4.74 Å². The lowest BCUT2D eigenvalue weighted by Crippen LogP contribution is -1.89. The van der Waals surface area contributed by atoms with Crippen LogP contribution in [0, 0.1) is 34.6 Å². The van der Waals surface area contributed by atoms with Crippen LogP contribution in [0.15, 0.2) is 79.0 Å². The lowest BCUT2D eigenvalue weighted by Gasteiger charge is -1.99. The summed E-state index contributed by atoms with van der Waals surface area (Å²) in [5, 5.41) is 6.91. The van der Waals surface area contributed by atoms with Gasteiger partial charge in [0.25, 0.3) is 0 Å². The van der Waals surface area contributed by atoms with E-state index in [1.807, 2.05) is 42.9 Å². The Hall–Kier alpha value is -4.58. The van der Waals surface area contributed by atoms with Gasteiger partial charge in [0.05, 0.1) is 23.5 Å². The van der Waals surface area contributed by atoms with Crippen LogP contribution in [0.25, 0.3) is 28.0 Å². The van der Waals surface area contributed by atoms with Crippen molar-refractivity contribution in [2.24, 2.45) is 14.1 Å². The zero-order valence-corrected chi connectivity index (χ0v) is 25.8. The lowest BCUT2D eigenvalue weighted by atomic mass is 10.1. The smallest absolute Gasteiger partial charge is 0.122 e. The van der Waals surface area contributed by atoms with Gasteiger partial charge in [0.15, 0.2) is 0 Å². The van der Waals surface area contributed by atoms with E-state index in [1.54, 1.807) is 0 Å². The molecular weight excluding hydrogens is 518 g/mol. The van der Waals surface area contributed by atoms with E-state index < -0.39 is 0 Å². The Morgan fingerprint density at radius 1 is 0.738 bits per heavy atom. The Morgan fingerprint density at radius 3 is 2.14 bits per heavy atom. The molecule has 42 heavy (non-hydrogen) atoms. The van der Waals surface area contributed by atoms with Gasteiger partial charge < -0.3 is 13.9 Å². The average Bonchev–Trinajstić information content (AvgIpc) is 3.81. The fourth-order valence-electron chi connectivity index (χ4n) is 5.63. The highest BCUT2D eigenvalue weighted by Crippen LogP contribution is 2.27. The first-order valence-electron chi connectivity index (χ1n) is 14.6. The Labute approximate surface area is 248 Å². The van der Waals surface area contributed by atoms with Crippen molar-refractivity contribution in [3.8, 4) is 5.75 Å². The van der Waals surface area contributed by atoms with Gasteiger partial charge >= 0.3 is 0 Å². The van der Waals surface area contributed by atoms with Crippen molar-refractivity contribution in [1.29, 1.82) is 0 Å². The van der Waals surface area contributed by atoms with Crippen LogP contribution in [-0.2, 0) is 26.9 Å². The zero-order chi connectivity index (χ0) is 29.8. The maximum Gasteiger partial charge on any atom is 0.122 e. The van der Waals surface area contributed by atoms with E-state index in [0.29, 0.717) is 0 Å². The molecule has 3 aromatic carbocycles. The first kappa shape index (κ1) is 28.9. The third-order valence-corrected chi connectivity index (χ3v) is 8.03. The molecule has 2 aliphatic heterocycles. The van der Waals surface area contributed by atoms with E-state index in [2.05, 4.69) is 115 Å². The van der Waals surface area contributed by atoms with Crippen molar-refractivity contribution in [1.82, 2.24) is 23.9 Å². The third kappa shape index (κ3) is 6.03. The number of aromatic nitrogens is 5. The number of aryl methyl sites for hydroxylation is 6. The van der Waals surface area contributed by atoms with Gasteiger partial charge in [-0.2, -0.15) is 5.10 Å². The van der Waals surface area contributed by atoms with Gasteiger partial charge in [0.2, 0.25) is 0 Å². The molecule has 0 unspecified atom stereocenters. The molecule has 0 fully saturated rings. The zero-order valence-electron chi connectivity index (χ0n) is 25.8. The van der Waals surface area contributed by atoms with Crippen LogP contribution in [-0.4, -0.2) is 30.5 Å². The molecule has 8 rings (SSSR count). The van der Waals surface area contributed by atoms with Crippen molar-refractivity contribution < 1.29 is 4.74 Å². The van der Waals surface area contributed by atoms with Crippen molar-refractivity contribution >= 4 is 28.0 Å². The highest BCUT2D eigenvalue weighted by molar-refractivity contribution is 5.83. The molecule has 6 heteroatoms. The Kier molecular flexibility index (Phi) is 8.62. The van der Waals surface area contributed by atoms with Gasteiger partial charge in [0.1, 0.15) is 11.6 Å². The van der Waals surface area contributed by atoms with Crippen molar-refractivity contribution in [2.75, 3.05) is 6.61 Å². The number of hydrogen-bond donors (Lipinski definition) is 0. The first-order valence-corrected chi connectivity index (χ1v) is 14.6. The van der Waals surface area contributed by atoms with Crippen LogP contribution >= 0.6 is 0 Å². The van der Waals surface area contributed by atoms with E-state index in [4.69, 9.17) is 4.74 Å². The summed E-state index contributed by atoms with van der Waals surface area (Å²) >= 11 is 0. The predicted molar refractivity (Wildman–Crippen MR) is 174 cm³/mol. The molecular formula is C36H41N5O. The van der Waals surface area contributed by atoms with Gasteiger partial charge in [0, 0.05) is 66.9 Å². The number of para-hydroxylation sites is 2. The second kappa shape index (κ2) is 12.5. The van der Waals surface area contributed by atoms with Gasteiger partial charge in [-0.15, -0.1) is 0 Å². The molecule has 0 amide bonds. The second-order valence-electron chi connectivity index (χ2n) is 11.0. The van der Waals surface area contributed by atoms with Crippen molar-refractivity contribution in [2.45, 2.75) is 47.5 Å². The number of hydrogen-bond acceptors (Lipinski definition) is 3. The van der Waals surface area contributed by atoms with Crippen LogP contribution in [0.5, 0.6) is 5.75 Å². The van der Waals surface area contributed by atoms with E-state index in [1.165, 1.54) is 50.0 Å². The summed E-state index contributed by atoms with van der Waals surface area (Å²) < 4.78 is 11.6. The molecule has 0 saturated heterocycles. The van der Waals surface area contributed by atoms with E-state index >= 15 is 0 Å².